The second-order valence-corrected chi connectivity index (χ2v) is 6.57. The molecule has 0 fully saturated rings. The van der Waals surface area contributed by atoms with E-state index in [-0.39, 0.29) is 24.0 Å². The van der Waals surface area contributed by atoms with Crippen LogP contribution >= 0.6 is 0 Å². The number of rotatable bonds is 9. The summed E-state index contributed by atoms with van der Waals surface area (Å²) in [5.74, 6) is -2.42. The molecule has 0 radical (unpaired) electrons. The second-order valence-electron chi connectivity index (χ2n) is 6.57. The van der Waals surface area contributed by atoms with Crippen molar-refractivity contribution in [2.24, 2.45) is 10.2 Å². The van der Waals surface area contributed by atoms with E-state index < -0.39 is 36.2 Å². The van der Waals surface area contributed by atoms with Gasteiger partial charge in [-0.25, -0.2) is 9.37 Å². The molecule has 0 atom stereocenters. The molecule has 15 heteroatoms. The van der Waals surface area contributed by atoms with Crippen LogP contribution in [-0.2, 0) is 6.54 Å². The highest BCUT2D eigenvalue weighted by atomic mass is 19.4. The third-order valence-electron chi connectivity index (χ3n) is 3.93. The molecule has 7 nitrogen and oxygen atoms in total. The van der Waals surface area contributed by atoms with E-state index in [4.69, 9.17) is 0 Å². The van der Waals surface area contributed by atoms with E-state index >= 15 is 0 Å². The molecule has 0 aliphatic carbocycles. The lowest BCUT2D eigenvalue weighted by Gasteiger charge is -2.16. The zero-order chi connectivity index (χ0) is 25.6. The fourth-order valence-electron chi connectivity index (χ4n) is 2.42. The SMILES string of the molecule is Fc1cnc(N=NCc2ccc(OC(F)(F)C(F)F)cc2)nc1Nc1ccc(OC(F)(F)F)cc1. The van der Waals surface area contributed by atoms with E-state index in [0.29, 0.717) is 5.56 Å². The summed E-state index contributed by atoms with van der Waals surface area (Å²) in [6, 6.07) is 9.11. The van der Waals surface area contributed by atoms with Crippen LogP contribution in [0.25, 0.3) is 0 Å². The Morgan fingerprint density at radius 3 is 2.09 bits per heavy atom. The van der Waals surface area contributed by atoms with E-state index in [9.17, 15) is 35.1 Å². The van der Waals surface area contributed by atoms with Gasteiger partial charge in [0, 0.05) is 5.69 Å². The zero-order valence-corrected chi connectivity index (χ0v) is 17.1. The summed E-state index contributed by atoms with van der Waals surface area (Å²) in [4.78, 5) is 7.44. The van der Waals surface area contributed by atoms with Crippen LogP contribution < -0.4 is 14.8 Å². The standard InChI is InChI=1S/C20H13F8N5O2/c21-15-10-29-18(32-16(15)31-12-3-7-14(8-4-12)35-20(26,27)28)33-30-9-11-1-5-13(6-2-11)34-19(24,25)17(22)23/h1-8,10,17H,9H2,(H,29,31,32). The molecule has 0 aliphatic rings. The van der Waals surface area contributed by atoms with Gasteiger partial charge in [0.1, 0.15) is 11.5 Å². The van der Waals surface area contributed by atoms with Crippen LogP contribution in [0.2, 0.25) is 0 Å². The highest BCUT2D eigenvalue weighted by Gasteiger charge is 2.43. The molecule has 186 valence electrons. The van der Waals surface area contributed by atoms with E-state index in [1.165, 1.54) is 24.3 Å². The summed E-state index contributed by atoms with van der Waals surface area (Å²) in [5.41, 5.74) is 0.642. The minimum atomic E-state index is -4.85. The fourth-order valence-corrected chi connectivity index (χ4v) is 2.42. The Balaban J connectivity index is 1.61. The van der Waals surface area contributed by atoms with Gasteiger partial charge in [0.05, 0.1) is 12.7 Å². The molecule has 0 unspecified atom stereocenters. The maximum Gasteiger partial charge on any atom is 0.573 e. The summed E-state index contributed by atoms with van der Waals surface area (Å²) in [6.07, 6.45) is -12.7. The lowest BCUT2D eigenvalue weighted by atomic mass is 10.2. The molecular weight excluding hydrogens is 494 g/mol. The smallest absolute Gasteiger partial charge is 0.428 e. The number of hydrogen-bond acceptors (Lipinski definition) is 7. The van der Waals surface area contributed by atoms with E-state index in [1.807, 2.05) is 0 Å². The molecule has 1 heterocycles. The minimum Gasteiger partial charge on any atom is -0.428 e. The highest BCUT2D eigenvalue weighted by molar-refractivity contribution is 5.58. The lowest BCUT2D eigenvalue weighted by Crippen LogP contribution is -2.33. The number of benzene rings is 2. The molecular formula is C20H13F8N5O2. The van der Waals surface area contributed by atoms with Gasteiger partial charge in [0.2, 0.25) is 0 Å². The van der Waals surface area contributed by atoms with Gasteiger partial charge in [-0.15, -0.1) is 18.3 Å². The summed E-state index contributed by atoms with van der Waals surface area (Å²) >= 11 is 0. The number of aromatic nitrogens is 2. The van der Waals surface area contributed by atoms with Crippen molar-refractivity contribution >= 4 is 17.5 Å². The number of halogens is 8. The Morgan fingerprint density at radius 2 is 1.49 bits per heavy atom. The van der Waals surface area contributed by atoms with Crippen molar-refractivity contribution in [3.63, 3.8) is 0 Å². The molecule has 0 amide bonds. The molecule has 3 aromatic rings. The van der Waals surface area contributed by atoms with E-state index in [2.05, 4.69) is 35.0 Å². The number of nitrogens with one attached hydrogen (secondary N) is 1. The van der Waals surface area contributed by atoms with Crippen LogP contribution in [0.5, 0.6) is 11.5 Å². The van der Waals surface area contributed by atoms with Crippen LogP contribution in [0.4, 0.5) is 52.6 Å². The predicted octanol–water partition coefficient (Wildman–Crippen LogP) is 6.78. The van der Waals surface area contributed by atoms with Crippen molar-refractivity contribution in [1.29, 1.82) is 0 Å². The van der Waals surface area contributed by atoms with Crippen LogP contribution in [-0.4, -0.2) is 28.9 Å². The number of ether oxygens (including phenoxy) is 2. The Kier molecular flexibility index (Phi) is 7.66. The summed E-state index contributed by atoms with van der Waals surface area (Å²) in [6.45, 7) is -0.0876. The Bertz CT molecular complexity index is 1160. The molecule has 0 bridgehead atoms. The Labute approximate surface area is 191 Å². The first-order chi connectivity index (χ1) is 16.4. The van der Waals surface area contributed by atoms with Gasteiger partial charge in [0.15, 0.2) is 11.6 Å². The number of alkyl halides is 7. The minimum absolute atomic E-state index is 0.0876. The number of azo groups is 1. The first-order valence-corrected chi connectivity index (χ1v) is 9.38. The van der Waals surface area contributed by atoms with Crippen LogP contribution in [0, 0.1) is 5.82 Å². The average Bonchev–Trinajstić information content (AvgIpc) is 2.77. The molecule has 0 saturated carbocycles. The largest absolute Gasteiger partial charge is 0.573 e. The first kappa shape index (κ1) is 25.6. The normalized spacial score (nSPS) is 12.3. The van der Waals surface area contributed by atoms with Gasteiger partial charge in [-0.1, -0.05) is 12.1 Å². The topological polar surface area (TPSA) is 81.0 Å². The predicted molar refractivity (Wildman–Crippen MR) is 105 cm³/mol. The Morgan fingerprint density at radius 1 is 0.886 bits per heavy atom. The Hall–Kier alpha value is -4.04. The van der Waals surface area contributed by atoms with Crippen molar-refractivity contribution in [1.82, 2.24) is 9.97 Å². The van der Waals surface area contributed by atoms with E-state index in [0.717, 1.165) is 30.5 Å². The molecule has 35 heavy (non-hydrogen) atoms. The van der Waals surface area contributed by atoms with E-state index in [1.54, 1.807) is 0 Å². The number of nitrogens with zero attached hydrogens (tertiary/aromatic N) is 4. The van der Waals surface area contributed by atoms with Crippen molar-refractivity contribution in [2.45, 2.75) is 25.4 Å². The summed E-state index contributed by atoms with van der Waals surface area (Å²) < 4.78 is 108. The zero-order valence-electron chi connectivity index (χ0n) is 17.1. The monoisotopic (exact) mass is 507 g/mol. The van der Waals surface area contributed by atoms with Gasteiger partial charge < -0.3 is 14.8 Å². The van der Waals surface area contributed by atoms with Crippen molar-refractivity contribution < 1.29 is 44.6 Å². The molecule has 3 rings (SSSR count). The molecule has 0 spiro atoms. The van der Waals surface area contributed by atoms with Gasteiger partial charge >= 0.3 is 18.9 Å². The molecule has 0 aliphatic heterocycles. The number of anilines is 2. The van der Waals surface area contributed by atoms with Crippen molar-refractivity contribution in [3.05, 3.63) is 66.1 Å². The van der Waals surface area contributed by atoms with Crippen LogP contribution in [0.15, 0.2) is 65.0 Å². The maximum atomic E-state index is 14.0. The molecule has 1 aromatic heterocycles. The van der Waals surface area contributed by atoms with Crippen LogP contribution in [0.1, 0.15) is 5.56 Å². The van der Waals surface area contributed by atoms with Gasteiger partial charge in [-0.05, 0) is 42.0 Å². The summed E-state index contributed by atoms with van der Waals surface area (Å²) in [5, 5.41) is 10.0. The summed E-state index contributed by atoms with van der Waals surface area (Å²) in [7, 11) is 0. The third-order valence-corrected chi connectivity index (χ3v) is 3.93. The first-order valence-electron chi connectivity index (χ1n) is 9.38. The van der Waals surface area contributed by atoms with Gasteiger partial charge in [-0.2, -0.15) is 27.7 Å². The van der Waals surface area contributed by atoms with Gasteiger partial charge in [-0.3, -0.25) is 0 Å². The lowest BCUT2D eigenvalue weighted by molar-refractivity contribution is -0.274. The highest BCUT2D eigenvalue weighted by Crippen LogP contribution is 2.28. The maximum absolute atomic E-state index is 14.0. The van der Waals surface area contributed by atoms with Crippen molar-refractivity contribution in [2.75, 3.05) is 5.32 Å². The van der Waals surface area contributed by atoms with Crippen LogP contribution in [0.3, 0.4) is 0 Å². The number of hydrogen-bond donors (Lipinski definition) is 1. The quantitative estimate of drug-likeness (QED) is 0.255. The average molecular weight is 507 g/mol. The third kappa shape index (κ3) is 7.75. The van der Waals surface area contributed by atoms with Crippen molar-refractivity contribution in [3.8, 4) is 11.5 Å². The molecule has 1 N–H and O–H groups in total. The molecule has 0 saturated heterocycles. The van der Waals surface area contributed by atoms with Gasteiger partial charge in [0.25, 0.3) is 5.95 Å². The second kappa shape index (κ2) is 10.5. The fraction of sp³-hybridized carbons (Fsp3) is 0.200. The molecule has 2 aromatic carbocycles.